The average Bonchev–Trinajstić information content (AvgIpc) is 2.96. The highest BCUT2D eigenvalue weighted by molar-refractivity contribution is 6.30. The molecule has 22 heavy (non-hydrogen) atoms. The van der Waals surface area contributed by atoms with Gasteiger partial charge in [-0.2, -0.15) is 0 Å². The summed E-state index contributed by atoms with van der Waals surface area (Å²) in [6.07, 6.45) is 3.35. The number of amides is 1. The molecule has 2 aromatic rings. The van der Waals surface area contributed by atoms with Crippen molar-refractivity contribution in [2.45, 2.75) is 39.2 Å². The zero-order valence-corrected chi connectivity index (χ0v) is 13.4. The molecule has 5 heteroatoms. The minimum Gasteiger partial charge on any atom is -0.356 e. The Morgan fingerprint density at radius 1 is 1.36 bits per heavy atom. The van der Waals surface area contributed by atoms with E-state index >= 15 is 0 Å². The highest BCUT2D eigenvalue weighted by Crippen LogP contribution is 2.31. The molecule has 3 rings (SSSR count). The Hall–Kier alpha value is -1.81. The van der Waals surface area contributed by atoms with Gasteiger partial charge in [0.15, 0.2) is 5.76 Å². The summed E-state index contributed by atoms with van der Waals surface area (Å²) in [6, 6.07) is 7.50. The summed E-state index contributed by atoms with van der Waals surface area (Å²) in [4.78, 5) is 14.1. The van der Waals surface area contributed by atoms with E-state index in [0.717, 1.165) is 48.4 Å². The van der Waals surface area contributed by atoms with E-state index in [4.69, 9.17) is 16.1 Å². The van der Waals surface area contributed by atoms with Crippen LogP contribution in [0.15, 0.2) is 28.8 Å². The van der Waals surface area contributed by atoms with Crippen molar-refractivity contribution in [2.75, 3.05) is 6.54 Å². The van der Waals surface area contributed by atoms with Crippen LogP contribution in [0.2, 0.25) is 5.02 Å². The number of fused-ring (bicyclic) bond motifs is 1. The van der Waals surface area contributed by atoms with Crippen LogP contribution < -0.4 is 0 Å². The van der Waals surface area contributed by atoms with Gasteiger partial charge in [-0.05, 0) is 30.7 Å². The Morgan fingerprint density at radius 3 is 2.86 bits per heavy atom. The first-order valence-electron chi connectivity index (χ1n) is 7.70. The second-order valence-electron chi connectivity index (χ2n) is 5.61. The number of rotatable bonds is 4. The van der Waals surface area contributed by atoms with Crippen molar-refractivity contribution in [3.05, 3.63) is 40.5 Å². The minimum absolute atomic E-state index is 0.218. The maximum absolute atomic E-state index is 12.2. The summed E-state index contributed by atoms with van der Waals surface area (Å²) in [5, 5.41) is 4.85. The molecule has 2 heterocycles. The molecule has 4 nitrogen and oxygen atoms in total. The van der Waals surface area contributed by atoms with E-state index in [1.807, 2.05) is 29.2 Å². The van der Waals surface area contributed by atoms with Gasteiger partial charge in [0.05, 0.1) is 12.2 Å². The largest absolute Gasteiger partial charge is 0.356 e. The molecule has 0 aliphatic carbocycles. The molecule has 1 aromatic heterocycles. The first kappa shape index (κ1) is 15.1. The molecule has 0 spiro atoms. The lowest BCUT2D eigenvalue weighted by Gasteiger charge is -2.26. The molecule has 0 radical (unpaired) electrons. The fourth-order valence-corrected chi connectivity index (χ4v) is 2.87. The quantitative estimate of drug-likeness (QED) is 0.853. The summed E-state index contributed by atoms with van der Waals surface area (Å²) >= 11 is 5.93. The van der Waals surface area contributed by atoms with Crippen LogP contribution in [-0.4, -0.2) is 22.5 Å². The second kappa shape index (κ2) is 6.53. The number of hydrogen-bond donors (Lipinski definition) is 0. The summed E-state index contributed by atoms with van der Waals surface area (Å²) in [7, 11) is 0. The Morgan fingerprint density at radius 2 is 2.14 bits per heavy atom. The fourth-order valence-electron chi connectivity index (χ4n) is 2.74. The van der Waals surface area contributed by atoms with E-state index in [9.17, 15) is 4.79 Å². The van der Waals surface area contributed by atoms with E-state index in [2.05, 4.69) is 12.1 Å². The lowest BCUT2D eigenvalue weighted by molar-refractivity contribution is -0.132. The lowest BCUT2D eigenvalue weighted by atomic mass is 10.0. The van der Waals surface area contributed by atoms with Crippen LogP contribution in [0.1, 0.15) is 37.4 Å². The van der Waals surface area contributed by atoms with Crippen molar-refractivity contribution in [1.82, 2.24) is 10.1 Å². The average molecular weight is 319 g/mol. The van der Waals surface area contributed by atoms with Crippen molar-refractivity contribution in [1.29, 1.82) is 0 Å². The predicted octanol–water partition coefficient (Wildman–Crippen LogP) is 4.07. The van der Waals surface area contributed by atoms with Crippen molar-refractivity contribution >= 4 is 17.5 Å². The maximum Gasteiger partial charge on any atom is 0.222 e. The summed E-state index contributed by atoms with van der Waals surface area (Å²) in [6.45, 7) is 3.40. The molecule has 0 saturated heterocycles. The van der Waals surface area contributed by atoms with Gasteiger partial charge in [-0.3, -0.25) is 4.79 Å². The molecular weight excluding hydrogens is 300 g/mol. The van der Waals surface area contributed by atoms with Gasteiger partial charge < -0.3 is 9.42 Å². The number of unbranched alkanes of at least 4 members (excludes halogenated alkanes) is 1. The maximum atomic E-state index is 12.2. The third kappa shape index (κ3) is 3.02. The molecule has 0 atom stereocenters. The van der Waals surface area contributed by atoms with Crippen LogP contribution in [0.5, 0.6) is 0 Å². The lowest BCUT2D eigenvalue weighted by Crippen LogP contribution is -2.35. The number of nitrogens with zero attached hydrogens (tertiary/aromatic N) is 2. The zero-order valence-electron chi connectivity index (χ0n) is 12.6. The van der Waals surface area contributed by atoms with Crippen molar-refractivity contribution in [2.24, 2.45) is 0 Å². The number of carbonyl (C=O) groups excluding carboxylic acids is 1. The fraction of sp³-hybridized carbons (Fsp3) is 0.412. The van der Waals surface area contributed by atoms with Crippen LogP contribution in [0.4, 0.5) is 0 Å². The SMILES string of the molecule is CCCCC(=O)N1CCc2noc(-c3ccc(Cl)cc3)c2C1. The van der Waals surface area contributed by atoms with E-state index in [1.165, 1.54) is 0 Å². The summed E-state index contributed by atoms with van der Waals surface area (Å²) in [5.74, 6) is 0.968. The zero-order chi connectivity index (χ0) is 15.5. The standard InChI is InChI=1S/C17H19ClN2O2/c1-2-3-4-16(21)20-10-9-15-14(11-20)17(22-19-15)12-5-7-13(18)8-6-12/h5-8H,2-4,9-11H2,1H3. The van der Waals surface area contributed by atoms with Gasteiger partial charge in [-0.15, -0.1) is 0 Å². The van der Waals surface area contributed by atoms with Gasteiger partial charge in [0.1, 0.15) is 0 Å². The molecule has 0 N–H and O–H groups in total. The number of hydrogen-bond acceptors (Lipinski definition) is 3. The molecule has 0 bridgehead atoms. The van der Waals surface area contributed by atoms with E-state index in [-0.39, 0.29) is 5.91 Å². The molecule has 1 aromatic carbocycles. The normalized spacial score (nSPS) is 14.0. The van der Waals surface area contributed by atoms with Gasteiger partial charge in [0, 0.05) is 35.5 Å². The molecule has 1 amide bonds. The molecule has 116 valence electrons. The second-order valence-corrected chi connectivity index (χ2v) is 6.05. The van der Waals surface area contributed by atoms with Crippen LogP contribution >= 0.6 is 11.6 Å². The van der Waals surface area contributed by atoms with Crippen LogP contribution in [0.25, 0.3) is 11.3 Å². The smallest absolute Gasteiger partial charge is 0.222 e. The Labute approximate surface area is 135 Å². The first-order chi connectivity index (χ1) is 10.7. The molecule has 0 fully saturated rings. The number of carbonyl (C=O) groups is 1. The highest BCUT2D eigenvalue weighted by Gasteiger charge is 2.27. The summed E-state index contributed by atoms with van der Waals surface area (Å²) in [5.41, 5.74) is 2.93. The van der Waals surface area contributed by atoms with Gasteiger partial charge in [-0.1, -0.05) is 30.1 Å². The molecule has 0 saturated carbocycles. The van der Waals surface area contributed by atoms with Gasteiger partial charge >= 0.3 is 0 Å². The Kier molecular flexibility index (Phi) is 4.48. The monoisotopic (exact) mass is 318 g/mol. The number of halogens is 1. The van der Waals surface area contributed by atoms with E-state index in [0.29, 0.717) is 18.0 Å². The van der Waals surface area contributed by atoms with E-state index in [1.54, 1.807) is 0 Å². The topological polar surface area (TPSA) is 46.3 Å². The van der Waals surface area contributed by atoms with Gasteiger partial charge in [0.25, 0.3) is 0 Å². The van der Waals surface area contributed by atoms with Crippen molar-refractivity contribution < 1.29 is 9.32 Å². The first-order valence-corrected chi connectivity index (χ1v) is 8.08. The van der Waals surface area contributed by atoms with Crippen LogP contribution in [0, 0.1) is 0 Å². The molecule has 0 unspecified atom stereocenters. The third-order valence-corrected chi connectivity index (χ3v) is 4.29. The number of aromatic nitrogens is 1. The number of benzene rings is 1. The highest BCUT2D eigenvalue weighted by atomic mass is 35.5. The Balaban J connectivity index is 1.82. The van der Waals surface area contributed by atoms with Crippen molar-refractivity contribution in [3.8, 4) is 11.3 Å². The van der Waals surface area contributed by atoms with Gasteiger partial charge in [-0.25, -0.2) is 0 Å². The molecule has 1 aliphatic rings. The molecule has 1 aliphatic heterocycles. The van der Waals surface area contributed by atoms with Crippen LogP contribution in [0.3, 0.4) is 0 Å². The third-order valence-electron chi connectivity index (χ3n) is 4.04. The van der Waals surface area contributed by atoms with Gasteiger partial charge in [0.2, 0.25) is 5.91 Å². The van der Waals surface area contributed by atoms with E-state index < -0.39 is 0 Å². The molecular formula is C17H19ClN2O2. The van der Waals surface area contributed by atoms with Crippen molar-refractivity contribution in [3.63, 3.8) is 0 Å². The predicted molar refractivity (Wildman–Crippen MR) is 85.6 cm³/mol. The minimum atomic E-state index is 0.218. The summed E-state index contributed by atoms with van der Waals surface area (Å²) < 4.78 is 5.52. The van der Waals surface area contributed by atoms with Crippen LogP contribution in [-0.2, 0) is 17.8 Å². The Bertz CT molecular complexity index is 664.